The molecule has 2 amide bonds. The highest BCUT2D eigenvalue weighted by Crippen LogP contribution is 2.51. The van der Waals surface area contributed by atoms with E-state index < -0.39 is 40.4 Å². The maximum absolute atomic E-state index is 13.5. The lowest BCUT2D eigenvalue weighted by Crippen LogP contribution is -2.70. The van der Waals surface area contributed by atoms with Gasteiger partial charge < -0.3 is 52.8 Å². The summed E-state index contributed by atoms with van der Waals surface area (Å²) >= 11 is 1.43. The number of thioether (sulfide) groups is 1. The van der Waals surface area contributed by atoms with Crippen LogP contribution in [0, 0.1) is 0 Å². The van der Waals surface area contributed by atoms with E-state index in [9.17, 15) is 14.4 Å². The topological polar surface area (TPSA) is 150 Å². The van der Waals surface area contributed by atoms with Gasteiger partial charge in [0.2, 0.25) is 24.9 Å². The number of hydrogen-bond acceptors (Lipinski definition) is 13. The van der Waals surface area contributed by atoms with Gasteiger partial charge in [-0.25, -0.2) is 4.79 Å². The summed E-state index contributed by atoms with van der Waals surface area (Å²) in [5.41, 5.74) is 0.749. The first-order valence-electron chi connectivity index (χ1n) is 14.9. The molecule has 4 atom stereocenters. The minimum Gasteiger partial charge on any atom is -0.454 e. The minimum atomic E-state index is -1.02. The molecule has 0 spiro atoms. The van der Waals surface area contributed by atoms with Crippen molar-refractivity contribution in [2.75, 3.05) is 79.5 Å². The van der Waals surface area contributed by atoms with Crippen LogP contribution in [0.1, 0.15) is 19.4 Å². The van der Waals surface area contributed by atoms with Gasteiger partial charge in [0.05, 0.1) is 66.1 Å². The number of fused-ring (bicyclic) bond motifs is 2. The number of benzene rings is 1. The number of ether oxygens (including phenoxy) is 9. The predicted molar refractivity (Wildman–Crippen MR) is 160 cm³/mol. The summed E-state index contributed by atoms with van der Waals surface area (Å²) in [7, 11) is 0. The van der Waals surface area contributed by atoms with Crippen molar-refractivity contribution in [2.24, 2.45) is 0 Å². The van der Waals surface area contributed by atoms with E-state index in [2.05, 4.69) is 5.32 Å². The van der Waals surface area contributed by atoms with Crippen LogP contribution in [0.2, 0.25) is 0 Å². The maximum atomic E-state index is 13.5. The molecular weight excluding hydrogens is 612 g/mol. The fourth-order valence-electron chi connectivity index (χ4n) is 5.12. The Hall–Kier alpha value is -2.92. The van der Waals surface area contributed by atoms with Crippen LogP contribution >= 0.6 is 11.8 Å². The van der Waals surface area contributed by atoms with Gasteiger partial charge in [0.15, 0.2) is 11.5 Å². The lowest BCUT2D eigenvalue weighted by atomic mass is 9.96. The zero-order valence-electron chi connectivity index (χ0n) is 25.4. The Balaban J connectivity index is 1.13. The zero-order valence-corrected chi connectivity index (χ0v) is 26.3. The predicted octanol–water partition coefficient (Wildman–Crippen LogP) is 0.958. The molecule has 0 bridgehead atoms. The Kier molecular flexibility index (Phi) is 11.9. The van der Waals surface area contributed by atoms with Gasteiger partial charge in [0.25, 0.3) is 0 Å². The van der Waals surface area contributed by atoms with Gasteiger partial charge in [-0.15, -0.1) is 11.8 Å². The summed E-state index contributed by atoms with van der Waals surface area (Å²) < 4.78 is 49.0. The van der Waals surface area contributed by atoms with Gasteiger partial charge in [-0.3, -0.25) is 9.59 Å². The monoisotopic (exact) mass is 652 g/mol. The first kappa shape index (κ1) is 33.4. The number of hydrogen-bond donors (Lipinski definition) is 1. The normalized spacial score (nSPS) is 28.0. The summed E-state index contributed by atoms with van der Waals surface area (Å²) in [5.74, 6) is -0.150. The first-order valence-corrected chi connectivity index (χ1v) is 15.8. The number of nitrogens with zero attached hydrogens (tertiary/aromatic N) is 1. The second-order valence-corrected chi connectivity index (χ2v) is 12.7. The molecule has 0 aliphatic carbocycles. The highest BCUT2D eigenvalue weighted by molar-refractivity contribution is 8.01. The van der Waals surface area contributed by atoms with Crippen molar-refractivity contribution in [1.29, 1.82) is 0 Å². The molecule has 1 aromatic carbocycles. The molecule has 0 saturated carbocycles. The molecule has 248 valence electrons. The number of β-lactam (4-membered cyclic amide) rings is 1. The van der Waals surface area contributed by atoms with E-state index in [1.807, 2.05) is 13.8 Å². The van der Waals surface area contributed by atoms with Crippen LogP contribution < -0.4 is 14.8 Å². The molecule has 3 saturated heterocycles. The van der Waals surface area contributed by atoms with E-state index in [4.69, 9.17) is 42.6 Å². The third-order valence-electron chi connectivity index (χ3n) is 7.31. The van der Waals surface area contributed by atoms with Gasteiger partial charge >= 0.3 is 5.97 Å². The Morgan fingerprint density at radius 1 is 0.911 bits per heavy atom. The summed E-state index contributed by atoms with van der Waals surface area (Å²) in [6, 6.07) is 3.68. The van der Waals surface area contributed by atoms with Crippen molar-refractivity contribution in [3.63, 3.8) is 0 Å². The third-order valence-corrected chi connectivity index (χ3v) is 8.88. The summed E-state index contributed by atoms with van der Waals surface area (Å²) in [6.45, 7) is 7.47. The lowest BCUT2D eigenvalue weighted by molar-refractivity contribution is -0.202. The molecule has 1 aromatic rings. The summed E-state index contributed by atoms with van der Waals surface area (Å²) in [6.07, 6.45) is 1.97. The number of carbonyl (C=O) groups excluding carboxylic acids is 3. The standard InChI is InChI=1S/C30H40N2O12S/c1-30(2)26(29(35)44-24-18-40-14-13-38-10-9-36-7-8-37-11-12-39-15-16-41-24)32-27(34)25(28(32)45-30)31-23(33)6-4-20-3-5-21-22(17-20)43-19-42-21/h3-6,17,24-26,28H,7-16,18-19H2,1-2H3,(H,31,33)/b6-4+/t24?,25-,26+,28-/m1/s1. The average molecular weight is 653 g/mol. The molecule has 0 radical (unpaired) electrons. The highest BCUT2D eigenvalue weighted by atomic mass is 32.2. The molecule has 0 aromatic heterocycles. The summed E-state index contributed by atoms with van der Waals surface area (Å²) in [4.78, 5) is 40.9. The van der Waals surface area contributed by atoms with E-state index in [1.165, 1.54) is 22.7 Å². The second-order valence-electron chi connectivity index (χ2n) is 11.0. The summed E-state index contributed by atoms with van der Waals surface area (Å²) in [5, 5.41) is 2.35. The van der Waals surface area contributed by atoms with Crippen molar-refractivity contribution in [3.8, 4) is 11.5 Å². The van der Waals surface area contributed by atoms with Gasteiger partial charge in [-0.05, 0) is 37.6 Å². The SMILES string of the molecule is CC1(C)S[C@@H]2[C@H](NC(=O)/C=C/c3ccc4c(c3)OCO4)C(=O)N2[C@H]1C(=O)OC1COCCOCCOCCOCCOCCO1. The van der Waals surface area contributed by atoms with Gasteiger partial charge in [-0.1, -0.05) is 6.07 Å². The zero-order chi connectivity index (χ0) is 31.6. The number of rotatable bonds is 5. The second kappa shape index (κ2) is 16.1. The van der Waals surface area contributed by atoms with Crippen LogP contribution in [-0.4, -0.2) is 131 Å². The van der Waals surface area contributed by atoms with Crippen LogP contribution in [-0.2, 0) is 47.5 Å². The third kappa shape index (κ3) is 8.87. The fraction of sp³-hybridized carbons (Fsp3) is 0.633. The Bertz CT molecular complexity index is 1200. The molecule has 1 unspecified atom stereocenters. The Morgan fingerprint density at radius 3 is 2.22 bits per heavy atom. The molecule has 1 N–H and O–H groups in total. The van der Waals surface area contributed by atoms with E-state index in [-0.39, 0.29) is 39.1 Å². The lowest BCUT2D eigenvalue weighted by Gasteiger charge is -2.44. The van der Waals surface area contributed by atoms with Crippen LogP contribution in [0.3, 0.4) is 0 Å². The Morgan fingerprint density at radius 2 is 1.53 bits per heavy atom. The fourth-order valence-corrected chi connectivity index (χ4v) is 6.75. The Labute approximate surface area is 265 Å². The van der Waals surface area contributed by atoms with Gasteiger partial charge in [-0.2, -0.15) is 0 Å². The van der Waals surface area contributed by atoms with Crippen molar-refractivity contribution < 1.29 is 57.0 Å². The molecule has 5 rings (SSSR count). The minimum absolute atomic E-state index is 0.0270. The maximum Gasteiger partial charge on any atom is 0.332 e. The molecule has 4 aliphatic heterocycles. The van der Waals surface area contributed by atoms with Crippen molar-refractivity contribution in [1.82, 2.24) is 10.2 Å². The van der Waals surface area contributed by atoms with Crippen LogP contribution in [0.25, 0.3) is 6.08 Å². The molecule has 45 heavy (non-hydrogen) atoms. The van der Waals surface area contributed by atoms with Crippen molar-refractivity contribution >= 4 is 35.6 Å². The van der Waals surface area contributed by atoms with Gasteiger partial charge in [0, 0.05) is 10.8 Å². The van der Waals surface area contributed by atoms with E-state index >= 15 is 0 Å². The number of esters is 1. The van der Waals surface area contributed by atoms with E-state index in [1.54, 1.807) is 24.3 Å². The van der Waals surface area contributed by atoms with Crippen molar-refractivity contribution in [2.45, 2.75) is 42.3 Å². The molecular formula is C30H40N2O12S. The van der Waals surface area contributed by atoms with Crippen LogP contribution in [0.15, 0.2) is 24.3 Å². The van der Waals surface area contributed by atoms with Crippen molar-refractivity contribution in [3.05, 3.63) is 29.8 Å². The molecule has 3 fully saturated rings. The number of carbonyl (C=O) groups is 3. The average Bonchev–Trinajstić information content (AvgIpc) is 3.59. The van der Waals surface area contributed by atoms with Crippen LogP contribution in [0.4, 0.5) is 0 Å². The largest absolute Gasteiger partial charge is 0.454 e. The van der Waals surface area contributed by atoms with E-state index in [0.29, 0.717) is 57.7 Å². The first-order chi connectivity index (χ1) is 21.8. The molecule has 15 heteroatoms. The molecule has 14 nitrogen and oxygen atoms in total. The van der Waals surface area contributed by atoms with Crippen LogP contribution in [0.5, 0.6) is 11.5 Å². The number of nitrogens with one attached hydrogen (secondary N) is 1. The number of amides is 2. The molecule has 4 aliphatic rings. The van der Waals surface area contributed by atoms with Gasteiger partial charge in [0.1, 0.15) is 24.1 Å². The highest BCUT2D eigenvalue weighted by Gasteiger charge is 2.64. The molecule has 4 heterocycles. The smallest absolute Gasteiger partial charge is 0.332 e. The quantitative estimate of drug-likeness (QED) is 0.274. The van der Waals surface area contributed by atoms with E-state index in [0.717, 1.165) is 5.56 Å².